The van der Waals surface area contributed by atoms with Crippen molar-refractivity contribution >= 4 is 40.3 Å². The van der Waals surface area contributed by atoms with E-state index in [1.54, 1.807) is 16.7 Å². The van der Waals surface area contributed by atoms with E-state index in [2.05, 4.69) is 15.0 Å². The highest BCUT2D eigenvalue weighted by Crippen LogP contribution is 2.30. The molecule has 2 aromatic heterocycles. The molecule has 4 aromatic rings. The van der Waals surface area contributed by atoms with Crippen LogP contribution in [0.1, 0.15) is 21.5 Å². The van der Waals surface area contributed by atoms with Crippen LogP contribution < -0.4 is 5.56 Å². The maximum atomic E-state index is 13.2. The van der Waals surface area contributed by atoms with E-state index in [9.17, 15) is 9.59 Å². The molecule has 0 saturated heterocycles. The zero-order valence-electron chi connectivity index (χ0n) is 18.5. The van der Waals surface area contributed by atoms with E-state index in [0.29, 0.717) is 41.5 Å². The van der Waals surface area contributed by atoms with Gasteiger partial charge in [-0.2, -0.15) is 0 Å². The second kappa shape index (κ2) is 9.56. The smallest absolute Gasteiger partial charge is 0.337 e. The van der Waals surface area contributed by atoms with Crippen LogP contribution in [0.25, 0.3) is 11.2 Å². The summed E-state index contributed by atoms with van der Waals surface area (Å²) in [5.41, 5.74) is 4.80. The van der Waals surface area contributed by atoms with Gasteiger partial charge in [-0.1, -0.05) is 48.2 Å². The number of fused-ring (bicyclic) bond motifs is 2. The minimum absolute atomic E-state index is 0.198. The Balaban J connectivity index is 1.40. The predicted molar refractivity (Wildman–Crippen MR) is 131 cm³/mol. The van der Waals surface area contributed by atoms with Crippen LogP contribution >= 0.6 is 11.8 Å². The zero-order chi connectivity index (χ0) is 23.5. The van der Waals surface area contributed by atoms with E-state index in [0.717, 1.165) is 22.5 Å². The van der Waals surface area contributed by atoms with Crippen molar-refractivity contribution in [3.8, 4) is 0 Å². The van der Waals surface area contributed by atoms with E-state index in [-0.39, 0.29) is 17.0 Å². The summed E-state index contributed by atoms with van der Waals surface area (Å²) in [6, 6.07) is 15.4. The first-order chi connectivity index (χ1) is 16.6. The molecule has 0 N–H and O–H groups in total. The third-order valence-corrected chi connectivity index (χ3v) is 6.62. The van der Waals surface area contributed by atoms with Gasteiger partial charge in [-0.3, -0.25) is 14.4 Å². The van der Waals surface area contributed by atoms with Gasteiger partial charge in [0.1, 0.15) is 0 Å². The Kier molecular flexibility index (Phi) is 6.18. The van der Waals surface area contributed by atoms with Crippen molar-refractivity contribution in [1.82, 2.24) is 19.5 Å². The maximum Gasteiger partial charge on any atom is 0.337 e. The Morgan fingerprint density at radius 3 is 2.76 bits per heavy atom. The molecule has 0 atom stereocenters. The summed E-state index contributed by atoms with van der Waals surface area (Å²) in [7, 11) is 1.36. The lowest BCUT2D eigenvalue weighted by molar-refractivity contribution is 0.0601. The number of hydrogen-bond acceptors (Lipinski definition) is 8. The van der Waals surface area contributed by atoms with Crippen LogP contribution in [0.2, 0.25) is 0 Å². The van der Waals surface area contributed by atoms with Crippen molar-refractivity contribution in [3.63, 3.8) is 0 Å². The highest BCUT2D eigenvalue weighted by molar-refractivity contribution is 7.99. The molecule has 9 heteroatoms. The lowest BCUT2D eigenvalue weighted by atomic mass is 10.1. The fourth-order valence-corrected chi connectivity index (χ4v) is 4.79. The number of carbonyl (C=O) groups excluding carboxylic acids is 1. The molecular weight excluding hydrogens is 450 g/mol. The average Bonchev–Trinajstić information content (AvgIpc) is 3.29. The Morgan fingerprint density at radius 1 is 1.12 bits per heavy atom. The van der Waals surface area contributed by atoms with Crippen LogP contribution in [0.15, 0.2) is 75.9 Å². The molecule has 0 saturated carbocycles. The molecule has 0 aliphatic carbocycles. The summed E-state index contributed by atoms with van der Waals surface area (Å²) in [5.74, 6) is 0.177. The van der Waals surface area contributed by atoms with Crippen molar-refractivity contribution in [2.45, 2.75) is 24.5 Å². The molecule has 0 bridgehead atoms. The van der Waals surface area contributed by atoms with Gasteiger partial charge in [0.2, 0.25) is 0 Å². The molecule has 0 spiro atoms. The normalized spacial score (nSPS) is 12.4. The first-order valence-corrected chi connectivity index (χ1v) is 11.8. The largest absolute Gasteiger partial charge is 0.465 e. The fourth-order valence-electron chi connectivity index (χ4n) is 3.85. The Hall–Kier alpha value is -3.85. The molecule has 5 rings (SSSR count). The molecule has 3 heterocycles. The number of rotatable bonds is 7. The fraction of sp³-hybridized carbons (Fsp3) is 0.200. The number of benzene rings is 2. The highest BCUT2D eigenvalue weighted by Gasteiger charge is 2.19. The average molecular weight is 472 g/mol. The number of aliphatic imine (C=N–C) groups is 1. The monoisotopic (exact) mass is 471 g/mol. The second-order valence-corrected chi connectivity index (χ2v) is 8.74. The lowest BCUT2D eigenvalue weighted by Gasteiger charge is -2.12. The van der Waals surface area contributed by atoms with Crippen molar-refractivity contribution < 1.29 is 9.53 Å². The number of carbonyl (C=O) groups is 1. The molecule has 0 fully saturated rings. The van der Waals surface area contributed by atoms with Gasteiger partial charge in [0.15, 0.2) is 16.3 Å². The number of aromatic nitrogens is 4. The number of nitrogens with zero attached hydrogens (tertiary/aromatic N) is 5. The molecule has 34 heavy (non-hydrogen) atoms. The number of hydrogen-bond donors (Lipinski definition) is 0. The predicted octanol–water partition coefficient (Wildman–Crippen LogP) is 3.64. The van der Waals surface area contributed by atoms with E-state index >= 15 is 0 Å². The Bertz CT molecular complexity index is 1470. The number of esters is 1. The summed E-state index contributed by atoms with van der Waals surface area (Å²) in [4.78, 5) is 42.8. The van der Waals surface area contributed by atoms with Crippen LogP contribution in [0.5, 0.6) is 0 Å². The Morgan fingerprint density at radius 2 is 1.94 bits per heavy atom. The minimum Gasteiger partial charge on any atom is -0.465 e. The van der Waals surface area contributed by atoms with E-state index < -0.39 is 0 Å². The molecular formula is C25H21N5O3S. The highest BCUT2D eigenvalue weighted by atomic mass is 32.2. The summed E-state index contributed by atoms with van der Waals surface area (Å²) in [6.07, 6.45) is 4.43. The van der Waals surface area contributed by atoms with Gasteiger partial charge in [-0.25, -0.2) is 19.7 Å². The topological polar surface area (TPSA) is 99.3 Å². The van der Waals surface area contributed by atoms with Gasteiger partial charge in [0.25, 0.3) is 5.56 Å². The molecule has 1 aliphatic heterocycles. The lowest BCUT2D eigenvalue weighted by Crippen LogP contribution is -2.25. The molecule has 2 aromatic carbocycles. The van der Waals surface area contributed by atoms with Crippen LogP contribution in [0, 0.1) is 0 Å². The number of aryl methyl sites for hydroxylation is 1. The molecule has 8 nitrogen and oxygen atoms in total. The molecule has 0 radical (unpaired) electrons. The van der Waals surface area contributed by atoms with Crippen LogP contribution in [-0.4, -0.2) is 44.1 Å². The quantitative estimate of drug-likeness (QED) is 0.230. The number of thioether (sulfide) groups is 1. The summed E-state index contributed by atoms with van der Waals surface area (Å²) in [6.45, 7) is 0.486. The van der Waals surface area contributed by atoms with Gasteiger partial charge in [0.05, 0.1) is 18.4 Å². The SMILES string of the molecule is COC(=O)c1ccc2c(c1)N=C(CSc1nc3nccnc3c(=O)n1CCc1ccccc1)C2. The molecule has 170 valence electrons. The molecule has 0 amide bonds. The van der Waals surface area contributed by atoms with E-state index in [4.69, 9.17) is 9.73 Å². The van der Waals surface area contributed by atoms with Gasteiger partial charge in [-0.05, 0) is 29.7 Å². The first kappa shape index (κ1) is 22.0. The van der Waals surface area contributed by atoms with Gasteiger partial charge in [0, 0.05) is 36.8 Å². The van der Waals surface area contributed by atoms with Gasteiger partial charge >= 0.3 is 5.97 Å². The Labute approximate surface area is 199 Å². The van der Waals surface area contributed by atoms with Crippen LogP contribution in [0.3, 0.4) is 0 Å². The van der Waals surface area contributed by atoms with E-state index in [1.165, 1.54) is 31.3 Å². The maximum absolute atomic E-state index is 13.2. The standard InChI is InChI=1S/C25H21N5O3S/c1-33-24(32)18-8-7-17-13-19(28-20(17)14-18)15-34-25-29-22-21(26-10-11-27-22)23(31)30(25)12-9-16-5-3-2-4-6-16/h2-8,10-11,14H,9,12-13,15H2,1H3. The number of methoxy groups -OCH3 is 1. The third kappa shape index (κ3) is 4.47. The van der Waals surface area contributed by atoms with Crippen molar-refractivity contribution in [2.24, 2.45) is 4.99 Å². The van der Waals surface area contributed by atoms with Crippen molar-refractivity contribution in [2.75, 3.05) is 12.9 Å². The minimum atomic E-state index is -0.385. The van der Waals surface area contributed by atoms with Crippen molar-refractivity contribution in [1.29, 1.82) is 0 Å². The van der Waals surface area contributed by atoms with Crippen LogP contribution in [0.4, 0.5) is 5.69 Å². The summed E-state index contributed by atoms with van der Waals surface area (Å²) < 4.78 is 6.47. The third-order valence-electron chi connectivity index (χ3n) is 5.57. The van der Waals surface area contributed by atoms with E-state index in [1.807, 2.05) is 36.4 Å². The molecule has 0 unspecified atom stereocenters. The van der Waals surface area contributed by atoms with Crippen molar-refractivity contribution in [3.05, 3.63) is 88.0 Å². The summed E-state index contributed by atoms with van der Waals surface area (Å²) >= 11 is 1.46. The number of ether oxygens (including phenoxy) is 1. The van der Waals surface area contributed by atoms with Crippen LogP contribution in [-0.2, 0) is 24.1 Å². The molecule has 1 aliphatic rings. The second-order valence-electron chi connectivity index (χ2n) is 7.79. The summed E-state index contributed by atoms with van der Waals surface area (Å²) in [5, 5.41) is 0.586. The van der Waals surface area contributed by atoms with Gasteiger partial charge < -0.3 is 4.74 Å². The first-order valence-electron chi connectivity index (χ1n) is 10.8. The van der Waals surface area contributed by atoms with Gasteiger partial charge in [-0.15, -0.1) is 0 Å². The zero-order valence-corrected chi connectivity index (χ0v) is 19.3.